The van der Waals surface area contributed by atoms with E-state index in [0.717, 1.165) is 64.7 Å². The molecule has 9 heteroatoms. The Balaban J connectivity index is 1.68. The van der Waals surface area contributed by atoms with Gasteiger partial charge in [0.05, 0.1) is 28.4 Å². The Morgan fingerprint density at radius 2 is 1.65 bits per heavy atom. The van der Waals surface area contributed by atoms with Crippen molar-refractivity contribution in [3.05, 3.63) is 64.4 Å². The Hall–Kier alpha value is -4.01. The van der Waals surface area contributed by atoms with Gasteiger partial charge in [0.15, 0.2) is 0 Å². The van der Waals surface area contributed by atoms with Crippen LogP contribution in [0.4, 0.5) is 5.95 Å². The van der Waals surface area contributed by atoms with Crippen LogP contribution in [0.25, 0.3) is 6.08 Å². The Kier molecular flexibility index (Phi) is 5.83. The second kappa shape index (κ2) is 9.09. The van der Waals surface area contributed by atoms with E-state index in [4.69, 9.17) is 18.9 Å². The van der Waals surface area contributed by atoms with Gasteiger partial charge in [0.25, 0.3) is 0 Å². The third kappa shape index (κ3) is 3.72. The minimum atomic E-state index is -0.220. The second-order valence-electron chi connectivity index (χ2n) is 8.11. The summed E-state index contributed by atoms with van der Waals surface area (Å²) in [5.74, 6) is 3.65. The van der Waals surface area contributed by atoms with Crippen molar-refractivity contribution >= 4 is 12.0 Å². The minimum absolute atomic E-state index is 0.220. The number of allylic oxidation sites excluding steroid dienone is 2. The molecule has 0 fully saturated rings. The number of hydrogen-bond acceptors (Lipinski definition) is 8. The maximum atomic E-state index is 5.72. The number of hydrogen-bond donors (Lipinski definition) is 1. The lowest BCUT2D eigenvalue weighted by atomic mass is 9.83. The van der Waals surface area contributed by atoms with E-state index in [0.29, 0.717) is 5.95 Å². The van der Waals surface area contributed by atoms with Crippen LogP contribution < -0.4 is 24.3 Å². The number of nitrogens with zero attached hydrogens (tertiary/aromatic N) is 4. The van der Waals surface area contributed by atoms with Gasteiger partial charge in [-0.15, -0.1) is 0 Å². The molecule has 34 heavy (non-hydrogen) atoms. The highest BCUT2D eigenvalue weighted by atomic mass is 16.5. The SMILES string of the molecule is COc1ccc(OC)c(C=C2CCCC3=C2Nc2nnnn2C3c2cc(OC)ccc2OC)c1. The lowest BCUT2D eigenvalue weighted by molar-refractivity contribution is 0.390. The zero-order valence-corrected chi connectivity index (χ0v) is 19.7. The monoisotopic (exact) mass is 461 g/mol. The Bertz CT molecular complexity index is 1280. The first-order chi connectivity index (χ1) is 16.7. The summed E-state index contributed by atoms with van der Waals surface area (Å²) in [6.07, 6.45) is 4.97. The maximum Gasteiger partial charge on any atom is 0.248 e. The zero-order chi connectivity index (χ0) is 23.7. The molecule has 1 aliphatic heterocycles. The van der Waals surface area contributed by atoms with E-state index < -0.39 is 0 Å². The third-order valence-corrected chi connectivity index (χ3v) is 6.34. The molecule has 0 radical (unpaired) electrons. The van der Waals surface area contributed by atoms with Crippen molar-refractivity contribution in [3.63, 3.8) is 0 Å². The topological polar surface area (TPSA) is 92.6 Å². The Morgan fingerprint density at radius 3 is 2.38 bits per heavy atom. The standard InChI is InChI=1S/C25H27N5O4/c1-31-17-8-10-21(33-3)16(13-17)12-15-6-5-7-19-23(15)26-25-27-28-29-30(25)24(19)20-14-18(32-2)9-11-22(20)34-4/h8-14,24H,5-7H2,1-4H3,(H,26,27,29). The lowest BCUT2D eigenvalue weighted by Gasteiger charge is -2.34. The summed E-state index contributed by atoms with van der Waals surface area (Å²) in [6, 6.07) is 11.4. The molecule has 2 aliphatic rings. The van der Waals surface area contributed by atoms with Crippen molar-refractivity contribution in [2.45, 2.75) is 25.3 Å². The van der Waals surface area contributed by atoms with Crippen LogP contribution in [-0.2, 0) is 0 Å². The van der Waals surface area contributed by atoms with Crippen molar-refractivity contribution in [3.8, 4) is 23.0 Å². The van der Waals surface area contributed by atoms with Crippen LogP contribution >= 0.6 is 0 Å². The first-order valence-electron chi connectivity index (χ1n) is 11.1. The summed E-state index contributed by atoms with van der Waals surface area (Å²) in [5, 5.41) is 16.0. The number of aromatic nitrogens is 4. The normalized spacial score (nSPS) is 18.1. The molecule has 3 aromatic rings. The fourth-order valence-electron chi connectivity index (χ4n) is 4.73. The van der Waals surface area contributed by atoms with E-state index in [2.05, 4.69) is 26.9 Å². The summed E-state index contributed by atoms with van der Waals surface area (Å²) < 4.78 is 24.1. The van der Waals surface area contributed by atoms with Crippen molar-refractivity contribution < 1.29 is 18.9 Å². The quantitative estimate of drug-likeness (QED) is 0.583. The largest absolute Gasteiger partial charge is 0.497 e. The maximum absolute atomic E-state index is 5.72. The van der Waals surface area contributed by atoms with Crippen LogP contribution in [-0.4, -0.2) is 48.6 Å². The van der Waals surface area contributed by atoms with Crippen LogP contribution in [0.5, 0.6) is 23.0 Å². The van der Waals surface area contributed by atoms with E-state index in [1.165, 1.54) is 5.57 Å². The molecular formula is C25H27N5O4. The lowest BCUT2D eigenvalue weighted by Crippen LogP contribution is -2.28. The van der Waals surface area contributed by atoms with Crippen LogP contribution in [0.15, 0.2) is 53.2 Å². The van der Waals surface area contributed by atoms with Crippen LogP contribution in [0.3, 0.4) is 0 Å². The molecule has 1 N–H and O–H groups in total. The van der Waals surface area contributed by atoms with E-state index in [1.54, 1.807) is 28.4 Å². The van der Waals surface area contributed by atoms with Crippen LogP contribution in [0, 0.1) is 0 Å². The summed E-state index contributed by atoms with van der Waals surface area (Å²) in [4.78, 5) is 0. The average Bonchev–Trinajstić information content (AvgIpc) is 3.35. The van der Waals surface area contributed by atoms with Crippen LogP contribution in [0.2, 0.25) is 0 Å². The number of fused-ring (bicyclic) bond motifs is 1. The van der Waals surface area contributed by atoms with E-state index in [-0.39, 0.29) is 6.04 Å². The number of ether oxygens (including phenoxy) is 4. The number of methoxy groups -OCH3 is 4. The molecule has 2 aromatic carbocycles. The van der Waals surface area contributed by atoms with Crippen molar-refractivity contribution in [1.82, 2.24) is 20.2 Å². The van der Waals surface area contributed by atoms with E-state index in [9.17, 15) is 0 Å². The van der Waals surface area contributed by atoms with Gasteiger partial charge in [0, 0.05) is 16.8 Å². The second-order valence-corrected chi connectivity index (χ2v) is 8.11. The fourth-order valence-corrected chi connectivity index (χ4v) is 4.73. The number of benzene rings is 2. The predicted octanol–water partition coefficient (Wildman–Crippen LogP) is 4.24. The van der Waals surface area contributed by atoms with Gasteiger partial charge in [0.1, 0.15) is 29.0 Å². The molecule has 1 unspecified atom stereocenters. The van der Waals surface area contributed by atoms with Crippen molar-refractivity contribution in [2.75, 3.05) is 33.8 Å². The number of tetrazole rings is 1. The van der Waals surface area contributed by atoms with Crippen molar-refractivity contribution in [2.24, 2.45) is 0 Å². The first kappa shape index (κ1) is 21.8. The van der Waals surface area contributed by atoms with Crippen LogP contribution in [0.1, 0.15) is 36.4 Å². The van der Waals surface area contributed by atoms with E-state index in [1.807, 2.05) is 41.1 Å². The summed E-state index contributed by atoms with van der Waals surface area (Å²) in [5.41, 5.74) is 5.30. The van der Waals surface area contributed by atoms with Crippen molar-refractivity contribution in [1.29, 1.82) is 0 Å². The number of anilines is 1. The molecule has 176 valence electrons. The van der Waals surface area contributed by atoms with Gasteiger partial charge < -0.3 is 24.3 Å². The molecule has 0 saturated heterocycles. The van der Waals surface area contributed by atoms with Gasteiger partial charge in [0.2, 0.25) is 5.95 Å². The van der Waals surface area contributed by atoms with E-state index >= 15 is 0 Å². The zero-order valence-electron chi connectivity index (χ0n) is 19.7. The molecule has 2 heterocycles. The summed E-state index contributed by atoms with van der Waals surface area (Å²) >= 11 is 0. The molecule has 9 nitrogen and oxygen atoms in total. The van der Waals surface area contributed by atoms with Gasteiger partial charge in [-0.3, -0.25) is 0 Å². The number of nitrogens with one attached hydrogen (secondary N) is 1. The highest BCUT2D eigenvalue weighted by Gasteiger charge is 2.35. The Labute approximate surface area is 198 Å². The molecular weight excluding hydrogens is 434 g/mol. The highest BCUT2D eigenvalue weighted by molar-refractivity contribution is 5.69. The van der Waals surface area contributed by atoms with Gasteiger partial charge in [-0.25, -0.2) is 0 Å². The fraction of sp³-hybridized carbons (Fsp3) is 0.320. The predicted molar refractivity (Wildman–Crippen MR) is 128 cm³/mol. The first-order valence-corrected chi connectivity index (χ1v) is 11.1. The molecule has 0 spiro atoms. The van der Waals surface area contributed by atoms with Gasteiger partial charge in [-0.2, -0.15) is 4.68 Å². The third-order valence-electron chi connectivity index (χ3n) is 6.34. The average molecular weight is 462 g/mol. The minimum Gasteiger partial charge on any atom is -0.497 e. The molecule has 1 atom stereocenters. The molecule has 5 rings (SSSR count). The Morgan fingerprint density at radius 1 is 0.912 bits per heavy atom. The highest BCUT2D eigenvalue weighted by Crippen LogP contribution is 2.46. The van der Waals surface area contributed by atoms with Gasteiger partial charge in [-0.05, 0) is 83.3 Å². The summed E-state index contributed by atoms with van der Waals surface area (Å²) in [7, 11) is 6.66. The smallest absolute Gasteiger partial charge is 0.248 e. The summed E-state index contributed by atoms with van der Waals surface area (Å²) in [6.45, 7) is 0. The molecule has 1 aromatic heterocycles. The molecule has 1 aliphatic carbocycles. The molecule has 0 bridgehead atoms. The number of rotatable bonds is 6. The van der Waals surface area contributed by atoms with Gasteiger partial charge in [-0.1, -0.05) is 5.10 Å². The van der Waals surface area contributed by atoms with Gasteiger partial charge >= 0.3 is 0 Å². The molecule has 0 saturated carbocycles. The molecule has 0 amide bonds.